The predicted octanol–water partition coefficient (Wildman–Crippen LogP) is 3.83. The molecule has 2 aromatic rings. The third kappa shape index (κ3) is 5.82. The molecule has 1 heterocycles. The number of non-ortho nitro benzene ring substituents is 1. The fraction of sp³-hybridized carbons (Fsp3) is 0.300. The van der Waals surface area contributed by atoms with Crippen LogP contribution in [0.3, 0.4) is 0 Å². The molecule has 1 amide bonds. The van der Waals surface area contributed by atoms with E-state index in [2.05, 4.69) is 27.6 Å². The molecule has 0 aromatic heterocycles. The molecule has 8 heteroatoms. The summed E-state index contributed by atoms with van der Waals surface area (Å²) in [4.78, 5) is 25.2. The first kappa shape index (κ1) is 19.9. The first-order chi connectivity index (χ1) is 13.6. The van der Waals surface area contributed by atoms with Crippen molar-refractivity contribution in [3.63, 3.8) is 0 Å². The molecule has 0 aliphatic carbocycles. The first-order valence-corrected chi connectivity index (χ1v) is 10.1. The number of nitro benzene ring substituents is 1. The van der Waals surface area contributed by atoms with Crippen molar-refractivity contribution in [3.8, 4) is 0 Å². The molecule has 7 nitrogen and oxygen atoms in total. The van der Waals surface area contributed by atoms with Crippen LogP contribution in [0.1, 0.15) is 24.8 Å². The Morgan fingerprint density at radius 1 is 1.11 bits per heavy atom. The second-order valence-electron chi connectivity index (χ2n) is 6.47. The fourth-order valence-electron chi connectivity index (χ4n) is 2.95. The lowest BCUT2D eigenvalue weighted by atomic mass is 10.1. The van der Waals surface area contributed by atoms with Gasteiger partial charge in [-0.15, -0.1) is 11.8 Å². The smallest absolute Gasteiger partial charge is 0.269 e. The summed E-state index contributed by atoms with van der Waals surface area (Å²) in [6.07, 6.45) is 5.41. The Bertz CT molecular complexity index is 832. The van der Waals surface area contributed by atoms with Gasteiger partial charge < -0.3 is 4.90 Å². The van der Waals surface area contributed by atoms with Crippen LogP contribution in [-0.2, 0) is 4.79 Å². The van der Waals surface area contributed by atoms with Crippen LogP contribution in [-0.4, -0.2) is 35.9 Å². The second kappa shape index (κ2) is 9.89. The molecule has 1 N–H and O–H groups in total. The van der Waals surface area contributed by atoms with Crippen LogP contribution in [0.5, 0.6) is 0 Å². The number of piperidine rings is 1. The van der Waals surface area contributed by atoms with E-state index in [4.69, 9.17) is 0 Å². The number of hydrogen-bond donors (Lipinski definition) is 1. The van der Waals surface area contributed by atoms with E-state index in [1.165, 1.54) is 48.8 Å². The molecule has 3 rings (SSSR count). The Balaban J connectivity index is 1.43. The summed E-state index contributed by atoms with van der Waals surface area (Å²) in [7, 11) is 0. The monoisotopic (exact) mass is 398 g/mol. The third-order valence-corrected chi connectivity index (χ3v) is 5.45. The average Bonchev–Trinajstić information content (AvgIpc) is 2.74. The highest BCUT2D eigenvalue weighted by molar-refractivity contribution is 8.00. The number of thioether (sulfide) groups is 1. The number of nitro groups is 1. The molecular formula is C20H22N4O3S. The fourth-order valence-corrected chi connectivity index (χ4v) is 3.64. The maximum absolute atomic E-state index is 11.9. The van der Waals surface area contributed by atoms with Gasteiger partial charge in [-0.1, -0.05) is 12.1 Å². The number of nitrogens with one attached hydrogen (secondary N) is 1. The van der Waals surface area contributed by atoms with Crippen molar-refractivity contribution in [1.82, 2.24) is 5.43 Å². The van der Waals surface area contributed by atoms with Crippen LogP contribution >= 0.6 is 11.8 Å². The summed E-state index contributed by atoms with van der Waals surface area (Å²) in [6, 6.07) is 14.2. The number of carbonyl (C=O) groups is 1. The van der Waals surface area contributed by atoms with E-state index < -0.39 is 4.92 Å². The maximum atomic E-state index is 11.9. The van der Waals surface area contributed by atoms with Gasteiger partial charge in [0.25, 0.3) is 5.69 Å². The Kier molecular flexibility index (Phi) is 7.02. The molecule has 1 aliphatic rings. The standard InChI is InChI=1S/C20H22N4O3S/c25-20(15-28-19-10-8-18(9-11-19)24(26)27)22-21-14-16-4-6-17(7-5-16)23-12-2-1-3-13-23/h4-11,14H,1-3,12-13,15H2,(H,22,25)/b21-14-. The van der Waals surface area contributed by atoms with Crippen molar-refractivity contribution in [2.75, 3.05) is 23.7 Å². The molecule has 0 radical (unpaired) electrons. The minimum atomic E-state index is -0.449. The highest BCUT2D eigenvalue weighted by Gasteiger charge is 2.10. The molecule has 0 spiro atoms. The van der Waals surface area contributed by atoms with E-state index in [1.54, 1.807) is 18.3 Å². The summed E-state index contributed by atoms with van der Waals surface area (Å²) < 4.78 is 0. The highest BCUT2D eigenvalue weighted by Crippen LogP contribution is 2.21. The van der Waals surface area contributed by atoms with Crippen molar-refractivity contribution in [2.24, 2.45) is 5.10 Å². The van der Waals surface area contributed by atoms with Crippen LogP contribution in [0.2, 0.25) is 0 Å². The van der Waals surface area contributed by atoms with Crippen molar-refractivity contribution in [1.29, 1.82) is 0 Å². The van der Waals surface area contributed by atoms with E-state index in [9.17, 15) is 14.9 Å². The molecule has 0 atom stereocenters. The number of anilines is 1. The number of nitrogens with zero attached hydrogens (tertiary/aromatic N) is 3. The first-order valence-electron chi connectivity index (χ1n) is 9.16. The zero-order valence-electron chi connectivity index (χ0n) is 15.4. The number of carbonyl (C=O) groups excluding carboxylic acids is 1. The summed E-state index contributed by atoms with van der Waals surface area (Å²) in [6.45, 7) is 2.21. The SMILES string of the molecule is O=C(CSc1ccc([N+](=O)[O-])cc1)N/N=C\c1ccc(N2CCCCC2)cc1. The molecule has 0 saturated carbocycles. The second-order valence-corrected chi connectivity index (χ2v) is 7.52. The van der Waals surface area contributed by atoms with Gasteiger partial charge in [0.05, 0.1) is 16.9 Å². The van der Waals surface area contributed by atoms with Gasteiger partial charge in [-0.2, -0.15) is 5.10 Å². The van der Waals surface area contributed by atoms with Crippen molar-refractivity contribution in [3.05, 3.63) is 64.2 Å². The minimum absolute atomic E-state index is 0.0321. The molecule has 146 valence electrons. The van der Waals surface area contributed by atoms with E-state index in [0.717, 1.165) is 23.5 Å². The molecule has 0 unspecified atom stereocenters. The summed E-state index contributed by atoms with van der Waals surface area (Å²) >= 11 is 1.30. The summed E-state index contributed by atoms with van der Waals surface area (Å²) in [5, 5.41) is 14.6. The van der Waals surface area contributed by atoms with Crippen LogP contribution < -0.4 is 10.3 Å². The number of amides is 1. The zero-order chi connectivity index (χ0) is 19.8. The summed E-state index contributed by atoms with van der Waals surface area (Å²) in [5.41, 5.74) is 4.68. The van der Waals surface area contributed by atoms with Crippen LogP contribution in [0, 0.1) is 10.1 Å². The number of rotatable bonds is 7. The average molecular weight is 398 g/mol. The Labute approximate surface area is 168 Å². The Hall–Kier alpha value is -2.87. The van der Waals surface area contributed by atoms with Crippen molar-refractivity contribution >= 4 is 35.3 Å². The zero-order valence-corrected chi connectivity index (χ0v) is 16.2. The molecule has 1 saturated heterocycles. The molecule has 0 bridgehead atoms. The van der Waals surface area contributed by atoms with Gasteiger partial charge in [-0.25, -0.2) is 5.43 Å². The molecule has 1 aliphatic heterocycles. The van der Waals surface area contributed by atoms with E-state index in [0.29, 0.717) is 0 Å². The maximum Gasteiger partial charge on any atom is 0.269 e. The van der Waals surface area contributed by atoms with Crippen LogP contribution in [0.15, 0.2) is 58.5 Å². The largest absolute Gasteiger partial charge is 0.372 e. The van der Waals surface area contributed by atoms with Crippen molar-refractivity contribution in [2.45, 2.75) is 24.2 Å². The van der Waals surface area contributed by atoms with Gasteiger partial charge >= 0.3 is 0 Å². The normalized spacial score (nSPS) is 14.2. The van der Waals surface area contributed by atoms with E-state index in [1.807, 2.05) is 12.1 Å². The number of benzene rings is 2. The minimum Gasteiger partial charge on any atom is -0.372 e. The molecule has 1 fully saturated rings. The van der Waals surface area contributed by atoms with Crippen molar-refractivity contribution < 1.29 is 9.72 Å². The van der Waals surface area contributed by atoms with Gasteiger partial charge in [-0.05, 0) is 49.1 Å². The predicted molar refractivity (Wildman–Crippen MR) is 112 cm³/mol. The lowest BCUT2D eigenvalue weighted by Gasteiger charge is -2.28. The molecule has 28 heavy (non-hydrogen) atoms. The van der Waals surface area contributed by atoms with Crippen LogP contribution in [0.25, 0.3) is 0 Å². The van der Waals surface area contributed by atoms with E-state index >= 15 is 0 Å². The Morgan fingerprint density at radius 3 is 2.43 bits per heavy atom. The third-order valence-electron chi connectivity index (χ3n) is 4.43. The number of hydrazone groups is 1. The quantitative estimate of drug-likeness (QED) is 0.331. The van der Waals surface area contributed by atoms with Gasteiger partial charge in [-0.3, -0.25) is 14.9 Å². The van der Waals surface area contributed by atoms with E-state index in [-0.39, 0.29) is 17.3 Å². The van der Waals surface area contributed by atoms with Gasteiger partial charge in [0, 0.05) is 35.8 Å². The number of hydrogen-bond acceptors (Lipinski definition) is 6. The van der Waals surface area contributed by atoms with Gasteiger partial charge in [0.2, 0.25) is 5.91 Å². The van der Waals surface area contributed by atoms with Gasteiger partial charge in [0.15, 0.2) is 0 Å². The topological polar surface area (TPSA) is 87.8 Å². The molecule has 2 aromatic carbocycles. The lowest BCUT2D eigenvalue weighted by molar-refractivity contribution is -0.384. The molecular weight excluding hydrogens is 376 g/mol. The van der Waals surface area contributed by atoms with Crippen LogP contribution in [0.4, 0.5) is 11.4 Å². The van der Waals surface area contributed by atoms with Gasteiger partial charge in [0.1, 0.15) is 0 Å². The highest BCUT2D eigenvalue weighted by atomic mass is 32.2. The Morgan fingerprint density at radius 2 is 1.79 bits per heavy atom. The lowest BCUT2D eigenvalue weighted by Crippen LogP contribution is -2.29. The summed E-state index contributed by atoms with van der Waals surface area (Å²) in [5.74, 6) is -0.0483.